The van der Waals surface area contributed by atoms with E-state index in [2.05, 4.69) is 39.4 Å². The zero-order chi connectivity index (χ0) is 27.5. The first-order valence-electron chi connectivity index (χ1n) is 13.3. The summed E-state index contributed by atoms with van der Waals surface area (Å²) in [5, 5.41) is 28.4. The Hall–Kier alpha value is -4.39. The van der Waals surface area contributed by atoms with Crippen LogP contribution >= 0.6 is 0 Å². The van der Waals surface area contributed by atoms with Gasteiger partial charge in [-0.05, 0) is 64.7 Å². The Kier molecular flexibility index (Phi) is 5.83. The highest BCUT2D eigenvalue weighted by molar-refractivity contribution is 5.87. The second kappa shape index (κ2) is 9.12. The number of amides is 1. The number of hydrogen-bond acceptors (Lipinski definition) is 6. The number of carbonyl (C=O) groups is 1. The number of anilines is 1. The van der Waals surface area contributed by atoms with Crippen molar-refractivity contribution in [3.63, 3.8) is 0 Å². The summed E-state index contributed by atoms with van der Waals surface area (Å²) in [4.78, 5) is 21.0. The molecule has 3 atom stereocenters. The summed E-state index contributed by atoms with van der Waals surface area (Å²) in [6, 6.07) is 8.96. The lowest BCUT2D eigenvalue weighted by molar-refractivity contribution is 0.0558. The van der Waals surface area contributed by atoms with Crippen LogP contribution in [-0.2, 0) is 7.05 Å². The predicted octanol–water partition coefficient (Wildman–Crippen LogP) is 4.95. The molecular weight excluding hydrogens is 492 g/mol. The van der Waals surface area contributed by atoms with Crippen molar-refractivity contribution in [2.45, 2.75) is 70.1 Å². The van der Waals surface area contributed by atoms with Crippen molar-refractivity contribution in [2.24, 2.45) is 7.05 Å². The molecule has 0 radical (unpaired) electrons. The highest BCUT2D eigenvalue weighted by Crippen LogP contribution is 2.42. The van der Waals surface area contributed by atoms with Gasteiger partial charge in [-0.2, -0.15) is 15.5 Å². The smallest absolute Gasteiger partial charge is 0.407 e. The lowest BCUT2D eigenvalue weighted by atomic mass is 9.92. The molecule has 0 aromatic carbocycles. The first-order chi connectivity index (χ1) is 18.6. The third kappa shape index (κ3) is 4.28. The fourth-order valence-corrected chi connectivity index (χ4v) is 6.57. The van der Waals surface area contributed by atoms with Gasteiger partial charge in [-0.15, -0.1) is 0 Å². The number of nitrogens with zero attached hydrogens (tertiary/aromatic N) is 8. The summed E-state index contributed by atoms with van der Waals surface area (Å²) in [5.74, 6) is 0.913. The maximum absolute atomic E-state index is 12.1. The minimum atomic E-state index is -0.848. The van der Waals surface area contributed by atoms with Crippen LogP contribution in [0.4, 0.5) is 10.6 Å². The van der Waals surface area contributed by atoms with E-state index in [9.17, 15) is 15.2 Å². The average molecular weight is 525 g/mol. The summed E-state index contributed by atoms with van der Waals surface area (Å²) in [6.45, 7) is 5.90. The number of pyridine rings is 2. The molecule has 10 nitrogen and oxygen atoms in total. The molecule has 0 aliphatic carbocycles. The van der Waals surface area contributed by atoms with Gasteiger partial charge in [-0.1, -0.05) is 0 Å². The van der Waals surface area contributed by atoms with Crippen LogP contribution in [0.1, 0.15) is 52.0 Å². The number of aryl methyl sites for hydroxylation is 1. The zero-order valence-electron chi connectivity index (χ0n) is 22.6. The molecule has 2 aliphatic heterocycles. The molecule has 2 aliphatic rings. The van der Waals surface area contributed by atoms with Gasteiger partial charge in [0.1, 0.15) is 11.9 Å². The average Bonchev–Trinajstić information content (AvgIpc) is 3.58. The van der Waals surface area contributed by atoms with Crippen molar-refractivity contribution in [3.05, 3.63) is 54.7 Å². The number of fused-ring (bicyclic) bond motifs is 3. The van der Waals surface area contributed by atoms with E-state index in [0.717, 1.165) is 59.3 Å². The van der Waals surface area contributed by atoms with Crippen molar-refractivity contribution in [1.82, 2.24) is 29.3 Å². The van der Waals surface area contributed by atoms with E-state index in [-0.39, 0.29) is 18.1 Å². The SMILES string of the molecule is Cn1cc(-c2cc(-c3ccc(N4[C@@H]5CC[C@H]4C[C@H](N(C(=O)O)C(C)(C)C)C5)nc3)c3c(C#N)cnn3c2)cn1. The highest BCUT2D eigenvalue weighted by Gasteiger charge is 2.46. The Balaban J connectivity index is 1.32. The second-order valence-corrected chi connectivity index (χ2v) is 11.7. The monoisotopic (exact) mass is 524 g/mol. The van der Waals surface area contributed by atoms with E-state index < -0.39 is 11.6 Å². The zero-order valence-corrected chi connectivity index (χ0v) is 22.6. The number of piperidine rings is 1. The van der Waals surface area contributed by atoms with E-state index in [1.54, 1.807) is 20.3 Å². The first kappa shape index (κ1) is 24.9. The number of aromatic nitrogens is 5. The molecule has 1 amide bonds. The Labute approximate surface area is 227 Å². The van der Waals surface area contributed by atoms with Crippen molar-refractivity contribution in [1.29, 1.82) is 5.26 Å². The quantitative estimate of drug-likeness (QED) is 0.402. The fraction of sp³-hybridized carbons (Fsp3) is 0.414. The molecule has 0 spiro atoms. The Morgan fingerprint density at radius 2 is 1.79 bits per heavy atom. The van der Waals surface area contributed by atoms with Crippen LogP contribution in [-0.4, -0.2) is 64.1 Å². The van der Waals surface area contributed by atoms with Gasteiger partial charge in [-0.25, -0.2) is 14.3 Å². The van der Waals surface area contributed by atoms with Crippen LogP contribution in [0, 0.1) is 11.3 Å². The third-order valence-corrected chi connectivity index (χ3v) is 8.10. The van der Waals surface area contributed by atoms with Crippen LogP contribution in [0.15, 0.2) is 49.2 Å². The Bertz CT molecular complexity index is 1580. The summed E-state index contributed by atoms with van der Waals surface area (Å²) in [6.07, 6.45) is 12.0. The first-order valence-corrected chi connectivity index (χ1v) is 13.3. The van der Waals surface area contributed by atoms with Crippen LogP contribution in [0.2, 0.25) is 0 Å². The minimum Gasteiger partial charge on any atom is -0.465 e. The fourth-order valence-electron chi connectivity index (χ4n) is 6.57. The summed E-state index contributed by atoms with van der Waals surface area (Å²) < 4.78 is 3.51. The standard InChI is InChI=1S/C29H32N8O2/c1-29(2,3)37(28(38)39)24-10-22-6-7-23(11-24)36(22)26-8-5-18(13-31-26)25-9-19(21-15-32-34(4)16-21)17-35-27(25)20(12-30)14-33-35/h5,8-9,13-17,22-24H,6-7,10-11H2,1-4H3,(H,38,39)/t22-,23+,24-. The van der Waals surface area contributed by atoms with Gasteiger partial charge in [-0.3, -0.25) is 4.68 Å². The molecule has 39 heavy (non-hydrogen) atoms. The Morgan fingerprint density at radius 1 is 1.05 bits per heavy atom. The van der Waals surface area contributed by atoms with Gasteiger partial charge in [0.2, 0.25) is 0 Å². The molecule has 6 rings (SSSR count). The van der Waals surface area contributed by atoms with Gasteiger partial charge < -0.3 is 14.9 Å². The van der Waals surface area contributed by atoms with Crippen molar-refractivity contribution in [3.8, 4) is 28.3 Å². The maximum Gasteiger partial charge on any atom is 0.407 e. The van der Waals surface area contributed by atoms with Crippen molar-refractivity contribution < 1.29 is 9.90 Å². The van der Waals surface area contributed by atoms with Crippen LogP contribution < -0.4 is 4.90 Å². The maximum atomic E-state index is 12.1. The molecule has 2 saturated heterocycles. The number of carboxylic acid groups (broad SMARTS) is 1. The number of nitriles is 1. The van der Waals surface area contributed by atoms with E-state index in [1.807, 2.05) is 52.6 Å². The van der Waals surface area contributed by atoms with E-state index in [1.165, 1.54) is 0 Å². The van der Waals surface area contributed by atoms with Crippen LogP contribution in [0.25, 0.3) is 27.8 Å². The molecule has 4 aromatic heterocycles. The second-order valence-electron chi connectivity index (χ2n) is 11.7. The number of rotatable bonds is 4. The van der Waals surface area contributed by atoms with E-state index >= 15 is 0 Å². The van der Waals surface area contributed by atoms with Crippen molar-refractivity contribution >= 4 is 17.4 Å². The van der Waals surface area contributed by atoms with Gasteiger partial charge in [0.05, 0.1) is 23.5 Å². The molecule has 0 unspecified atom stereocenters. The molecule has 1 N–H and O–H groups in total. The molecule has 10 heteroatoms. The molecule has 0 saturated carbocycles. The molecule has 2 fully saturated rings. The molecule has 2 bridgehead atoms. The lowest BCUT2D eigenvalue weighted by Crippen LogP contribution is -2.57. The predicted molar refractivity (Wildman–Crippen MR) is 147 cm³/mol. The molecular formula is C29H32N8O2. The Morgan fingerprint density at radius 3 is 2.36 bits per heavy atom. The van der Waals surface area contributed by atoms with Gasteiger partial charge in [0.15, 0.2) is 0 Å². The highest BCUT2D eigenvalue weighted by atomic mass is 16.4. The summed E-state index contributed by atoms with van der Waals surface area (Å²) in [5.41, 5.74) is 4.51. The van der Waals surface area contributed by atoms with E-state index in [4.69, 9.17) is 4.98 Å². The summed E-state index contributed by atoms with van der Waals surface area (Å²) in [7, 11) is 1.88. The van der Waals surface area contributed by atoms with Crippen molar-refractivity contribution in [2.75, 3.05) is 4.90 Å². The largest absolute Gasteiger partial charge is 0.465 e. The van der Waals surface area contributed by atoms with E-state index in [0.29, 0.717) is 5.56 Å². The van der Waals surface area contributed by atoms with Crippen LogP contribution in [0.3, 0.4) is 0 Å². The third-order valence-electron chi connectivity index (χ3n) is 8.10. The lowest BCUT2D eigenvalue weighted by Gasteiger charge is -2.47. The minimum absolute atomic E-state index is 0.00490. The molecule has 6 heterocycles. The van der Waals surface area contributed by atoms with Crippen LogP contribution in [0.5, 0.6) is 0 Å². The van der Waals surface area contributed by atoms with Gasteiger partial charge in [0, 0.05) is 71.6 Å². The number of hydrogen-bond donors (Lipinski definition) is 1. The molecule has 4 aromatic rings. The van der Waals surface area contributed by atoms with Gasteiger partial charge in [0.25, 0.3) is 0 Å². The molecule has 200 valence electrons. The summed E-state index contributed by atoms with van der Waals surface area (Å²) >= 11 is 0. The van der Waals surface area contributed by atoms with Gasteiger partial charge >= 0.3 is 6.09 Å². The topological polar surface area (TPSA) is 116 Å². The normalized spacial score (nSPS) is 20.8.